The van der Waals surface area contributed by atoms with Crippen LogP contribution in [0.25, 0.3) is 11.3 Å². The lowest BCUT2D eigenvalue weighted by atomic mass is 10.2. The van der Waals surface area contributed by atoms with Gasteiger partial charge in [-0.25, -0.2) is 4.98 Å². The molecule has 3 aromatic rings. The first-order chi connectivity index (χ1) is 14.0. The van der Waals surface area contributed by atoms with E-state index in [1.165, 1.54) is 34.5 Å². The lowest BCUT2D eigenvalue weighted by Gasteiger charge is -2.08. The van der Waals surface area contributed by atoms with E-state index in [1.807, 2.05) is 35.7 Å². The van der Waals surface area contributed by atoms with Crippen LogP contribution in [-0.4, -0.2) is 27.6 Å². The van der Waals surface area contributed by atoms with Gasteiger partial charge in [0.2, 0.25) is 5.13 Å². The van der Waals surface area contributed by atoms with E-state index in [2.05, 4.69) is 20.3 Å². The number of nitrogens with zero attached hydrogens (tertiary/aromatic N) is 6. The summed E-state index contributed by atoms with van der Waals surface area (Å²) < 4.78 is 0. The number of nitro benzene ring substituents is 1. The van der Waals surface area contributed by atoms with Gasteiger partial charge < -0.3 is 0 Å². The number of hydrazone groups is 1. The first-order valence-electron chi connectivity index (χ1n) is 8.58. The topological polar surface area (TPSA) is 113 Å². The SMILES string of the molecule is CC1=NN(c2nc(-c3ccccc3)cs2)C(=O)C1N=Nc1cccc([N+](=O)[O-])c1. The molecule has 1 aromatic heterocycles. The first kappa shape index (κ1) is 18.6. The van der Waals surface area contributed by atoms with Gasteiger partial charge in [0.05, 0.1) is 22.0 Å². The molecule has 4 rings (SSSR count). The molecule has 1 aliphatic rings. The van der Waals surface area contributed by atoms with E-state index in [0.29, 0.717) is 16.5 Å². The highest BCUT2D eigenvalue weighted by molar-refractivity contribution is 7.14. The van der Waals surface area contributed by atoms with E-state index in [0.717, 1.165) is 11.3 Å². The van der Waals surface area contributed by atoms with Crippen LogP contribution >= 0.6 is 11.3 Å². The van der Waals surface area contributed by atoms with Gasteiger partial charge in [-0.3, -0.25) is 14.9 Å². The molecule has 9 nitrogen and oxygen atoms in total. The van der Waals surface area contributed by atoms with Crippen molar-refractivity contribution in [3.05, 3.63) is 70.1 Å². The number of nitro groups is 1. The van der Waals surface area contributed by atoms with Crippen molar-refractivity contribution in [3.63, 3.8) is 0 Å². The molecule has 1 amide bonds. The summed E-state index contributed by atoms with van der Waals surface area (Å²) in [6, 6.07) is 14.5. The van der Waals surface area contributed by atoms with E-state index in [1.54, 1.807) is 13.0 Å². The zero-order valence-electron chi connectivity index (χ0n) is 15.2. The third-order valence-electron chi connectivity index (χ3n) is 4.17. The second-order valence-corrected chi connectivity index (χ2v) is 7.00. The molecule has 1 aliphatic heterocycles. The number of benzene rings is 2. The fourth-order valence-corrected chi connectivity index (χ4v) is 3.51. The second-order valence-electron chi connectivity index (χ2n) is 6.17. The standard InChI is InChI=1S/C19H14N6O3S/c1-12-17(22-21-14-8-5-9-15(10-14)25(27)28)18(26)24(23-12)19-20-16(11-29-19)13-6-3-2-4-7-13/h2-11,17H,1H3. The van der Waals surface area contributed by atoms with Crippen LogP contribution in [0.1, 0.15) is 6.92 Å². The molecule has 144 valence electrons. The summed E-state index contributed by atoms with van der Waals surface area (Å²) in [7, 11) is 0. The highest BCUT2D eigenvalue weighted by atomic mass is 32.1. The first-order valence-corrected chi connectivity index (χ1v) is 9.46. The maximum atomic E-state index is 12.8. The maximum absolute atomic E-state index is 12.8. The largest absolute Gasteiger partial charge is 0.282 e. The molecule has 29 heavy (non-hydrogen) atoms. The van der Waals surface area contributed by atoms with Crippen LogP contribution in [-0.2, 0) is 4.79 Å². The van der Waals surface area contributed by atoms with Gasteiger partial charge in [0, 0.05) is 23.1 Å². The van der Waals surface area contributed by atoms with E-state index in [4.69, 9.17) is 0 Å². The van der Waals surface area contributed by atoms with Crippen molar-refractivity contribution >= 4 is 39.5 Å². The summed E-state index contributed by atoms with van der Waals surface area (Å²) in [6.07, 6.45) is 0. The number of aromatic nitrogens is 1. The third kappa shape index (κ3) is 3.78. The Bertz CT molecular complexity index is 1140. The number of hydrogen-bond acceptors (Lipinski definition) is 8. The molecule has 1 unspecified atom stereocenters. The van der Waals surface area contributed by atoms with Gasteiger partial charge in [-0.15, -0.1) is 11.3 Å². The molecule has 0 aliphatic carbocycles. The minimum Gasteiger partial charge on any atom is -0.269 e. The molecular weight excluding hydrogens is 392 g/mol. The summed E-state index contributed by atoms with van der Waals surface area (Å²) in [5.41, 5.74) is 2.37. The molecule has 10 heteroatoms. The van der Waals surface area contributed by atoms with E-state index < -0.39 is 11.0 Å². The predicted octanol–water partition coefficient (Wildman–Crippen LogP) is 4.59. The summed E-state index contributed by atoms with van der Waals surface area (Å²) in [6.45, 7) is 1.68. The Balaban J connectivity index is 1.54. The summed E-state index contributed by atoms with van der Waals surface area (Å²) in [5, 5.41) is 26.7. The molecule has 0 saturated carbocycles. The third-order valence-corrected chi connectivity index (χ3v) is 4.98. The molecule has 1 atom stereocenters. The fourth-order valence-electron chi connectivity index (χ4n) is 2.72. The zero-order chi connectivity index (χ0) is 20.4. The summed E-state index contributed by atoms with van der Waals surface area (Å²) in [4.78, 5) is 27.6. The fraction of sp³-hybridized carbons (Fsp3) is 0.105. The Labute approximate surface area is 169 Å². The summed E-state index contributed by atoms with van der Waals surface area (Å²) in [5.74, 6) is -0.370. The van der Waals surface area contributed by atoms with Crippen LogP contribution in [0.15, 0.2) is 75.3 Å². The van der Waals surface area contributed by atoms with Gasteiger partial charge in [0.1, 0.15) is 0 Å². The number of amides is 1. The molecule has 0 bridgehead atoms. The van der Waals surface area contributed by atoms with Gasteiger partial charge in [-0.05, 0) is 13.0 Å². The smallest absolute Gasteiger partial charge is 0.269 e. The molecule has 2 aromatic carbocycles. The second kappa shape index (κ2) is 7.68. The van der Waals surface area contributed by atoms with Crippen molar-refractivity contribution in [2.45, 2.75) is 13.0 Å². The number of non-ortho nitro benzene ring substituents is 1. The average Bonchev–Trinajstić information content (AvgIpc) is 3.32. The average molecular weight is 406 g/mol. The maximum Gasteiger partial charge on any atom is 0.282 e. The number of azo groups is 1. The monoisotopic (exact) mass is 406 g/mol. The molecule has 2 heterocycles. The number of hydrogen-bond donors (Lipinski definition) is 0. The number of anilines is 1. The van der Waals surface area contributed by atoms with Crippen molar-refractivity contribution < 1.29 is 9.72 Å². The van der Waals surface area contributed by atoms with Crippen molar-refractivity contribution in [1.29, 1.82) is 0 Å². The van der Waals surface area contributed by atoms with Gasteiger partial charge in [-0.1, -0.05) is 36.4 Å². The zero-order valence-corrected chi connectivity index (χ0v) is 16.0. The van der Waals surface area contributed by atoms with Gasteiger partial charge >= 0.3 is 0 Å². The Morgan fingerprint density at radius 3 is 2.72 bits per heavy atom. The van der Waals surface area contributed by atoms with Crippen LogP contribution in [0.3, 0.4) is 0 Å². The minimum atomic E-state index is -0.890. The predicted molar refractivity (Wildman–Crippen MR) is 110 cm³/mol. The Hall–Kier alpha value is -3.79. The van der Waals surface area contributed by atoms with E-state index in [9.17, 15) is 14.9 Å². The van der Waals surface area contributed by atoms with Crippen LogP contribution in [0, 0.1) is 10.1 Å². The van der Waals surface area contributed by atoms with Crippen LogP contribution in [0.4, 0.5) is 16.5 Å². The number of carbonyl (C=O) groups is 1. The Kier molecular flexibility index (Phi) is 4.92. The Morgan fingerprint density at radius 2 is 1.97 bits per heavy atom. The number of rotatable bonds is 5. The van der Waals surface area contributed by atoms with E-state index in [-0.39, 0.29) is 11.6 Å². The quantitative estimate of drug-likeness (QED) is 0.350. The summed E-state index contributed by atoms with van der Waals surface area (Å²) >= 11 is 1.31. The molecule has 0 saturated heterocycles. The highest BCUT2D eigenvalue weighted by Crippen LogP contribution is 2.30. The van der Waals surface area contributed by atoms with Crippen LogP contribution < -0.4 is 5.01 Å². The number of carbonyl (C=O) groups excluding carboxylic acids is 1. The molecule has 0 radical (unpaired) electrons. The van der Waals surface area contributed by atoms with Crippen molar-refractivity contribution in [2.24, 2.45) is 15.3 Å². The van der Waals surface area contributed by atoms with E-state index >= 15 is 0 Å². The molecule has 0 spiro atoms. The lowest BCUT2D eigenvalue weighted by Crippen LogP contribution is -2.29. The van der Waals surface area contributed by atoms with Gasteiger partial charge in [-0.2, -0.15) is 20.3 Å². The highest BCUT2D eigenvalue weighted by Gasteiger charge is 2.36. The molecule has 0 N–H and O–H groups in total. The van der Waals surface area contributed by atoms with Crippen LogP contribution in [0.5, 0.6) is 0 Å². The van der Waals surface area contributed by atoms with Crippen molar-refractivity contribution in [3.8, 4) is 11.3 Å². The Morgan fingerprint density at radius 1 is 1.17 bits per heavy atom. The molecule has 0 fully saturated rings. The van der Waals surface area contributed by atoms with Gasteiger partial charge in [0.15, 0.2) is 6.04 Å². The lowest BCUT2D eigenvalue weighted by molar-refractivity contribution is -0.384. The molecular formula is C19H14N6O3S. The van der Waals surface area contributed by atoms with Crippen LogP contribution in [0.2, 0.25) is 0 Å². The number of thiazole rings is 1. The van der Waals surface area contributed by atoms with Gasteiger partial charge in [0.25, 0.3) is 11.6 Å². The normalized spacial score (nSPS) is 16.4. The van der Waals surface area contributed by atoms with Crippen molar-refractivity contribution in [2.75, 3.05) is 5.01 Å². The van der Waals surface area contributed by atoms with Crippen molar-refractivity contribution in [1.82, 2.24) is 4.98 Å². The minimum absolute atomic E-state index is 0.0950.